The summed E-state index contributed by atoms with van der Waals surface area (Å²) in [6.07, 6.45) is 0. The first-order valence-electron chi connectivity index (χ1n) is 5.34. The molecule has 0 saturated heterocycles. The zero-order valence-corrected chi connectivity index (χ0v) is 13.4. The first-order valence-corrected chi connectivity index (χ1v) is 7.58. The van der Waals surface area contributed by atoms with Gasteiger partial charge in [-0.1, -0.05) is 44.0 Å². The molecule has 0 aliphatic carbocycles. The van der Waals surface area contributed by atoms with Crippen LogP contribution in [0.4, 0.5) is 0 Å². The molecule has 0 atom stereocenters. The van der Waals surface area contributed by atoms with E-state index >= 15 is 0 Å². The molecular formula is C13H16Br2O2. The molecule has 0 N–H and O–H groups in total. The fourth-order valence-corrected chi connectivity index (χ4v) is 2.19. The number of carbonyl (C=O) groups excluding carboxylic acids is 1. The van der Waals surface area contributed by atoms with Gasteiger partial charge in [0, 0.05) is 10.7 Å². The van der Waals surface area contributed by atoms with Crippen molar-refractivity contribution in [2.75, 3.05) is 0 Å². The molecule has 0 saturated carbocycles. The van der Waals surface area contributed by atoms with E-state index in [0.29, 0.717) is 10.9 Å². The maximum absolute atomic E-state index is 12.0. The van der Waals surface area contributed by atoms with Crippen molar-refractivity contribution in [2.45, 2.75) is 37.0 Å². The van der Waals surface area contributed by atoms with Crippen LogP contribution in [0.1, 0.15) is 42.3 Å². The average Bonchev–Trinajstić information content (AvgIpc) is 2.25. The lowest BCUT2D eigenvalue weighted by molar-refractivity contribution is 0.00687. The van der Waals surface area contributed by atoms with Crippen molar-refractivity contribution in [3.63, 3.8) is 0 Å². The van der Waals surface area contributed by atoms with Gasteiger partial charge in [0.15, 0.2) is 0 Å². The maximum atomic E-state index is 12.0. The lowest BCUT2D eigenvalue weighted by Crippen LogP contribution is -2.24. The van der Waals surface area contributed by atoms with Gasteiger partial charge in [-0.2, -0.15) is 0 Å². The van der Waals surface area contributed by atoms with Crippen LogP contribution in [0.3, 0.4) is 0 Å². The van der Waals surface area contributed by atoms with E-state index in [1.807, 2.05) is 39.0 Å². The summed E-state index contributed by atoms with van der Waals surface area (Å²) in [7, 11) is 0. The molecule has 17 heavy (non-hydrogen) atoms. The molecule has 0 amide bonds. The second-order valence-corrected chi connectivity index (χ2v) is 5.88. The summed E-state index contributed by atoms with van der Waals surface area (Å²) >= 11 is 6.80. The fraction of sp³-hybridized carbons (Fsp3) is 0.462. The molecular weight excluding hydrogens is 348 g/mol. The normalized spacial score (nSPS) is 11.4. The summed E-state index contributed by atoms with van der Waals surface area (Å²) in [5.41, 5.74) is 2.26. The Labute approximate surface area is 119 Å². The molecule has 0 fully saturated rings. The highest BCUT2D eigenvalue weighted by Gasteiger charge is 2.20. The van der Waals surface area contributed by atoms with E-state index in [2.05, 4.69) is 31.9 Å². The molecule has 1 aromatic rings. The third-order valence-corrected chi connectivity index (χ3v) is 3.34. The number of rotatable bonds is 3. The summed E-state index contributed by atoms with van der Waals surface area (Å²) in [4.78, 5) is 12.0. The predicted molar refractivity (Wildman–Crippen MR) is 76.9 cm³/mol. The standard InChI is InChI=1S/C13H16Br2O2/c1-13(2,3)17-12(16)11-5-4-9(7-14)6-10(11)8-15/h4-6H,7-8H2,1-3H3. The maximum Gasteiger partial charge on any atom is 0.338 e. The smallest absolute Gasteiger partial charge is 0.338 e. The summed E-state index contributed by atoms with van der Waals surface area (Å²) in [5, 5.41) is 1.42. The molecule has 0 aromatic heterocycles. The van der Waals surface area contributed by atoms with Gasteiger partial charge in [0.25, 0.3) is 0 Å². The second-order valence-electron chi connectivity index (χ2n) is 4.76. The Hall–Kier alpha value is -0.350. The number of hydrogen-bond donors (Lipinski definition) is 0. The molecule has 2 nitrogen and oxygen atoms in total. The Balaban J connectivity index is 3.01. The van der Waals surface area contributed by atoms with Gasteiger partial charge >= 0.3 is 5.97 Å². The monoisotopic (exact) mass is 362 g/mol. The number of hydrogen-bond acceptors (Lipinski definition) is 2. The number of esters is 1. The highest BCUT2D eigenvalue weighted by atomic mass is 79.9. The number of halogens is 2. The van der Waals surface area contributed by atoms with Gasteiger partial charge < -0.3 is 4.74 Å². The van der Waals surface area contributed by atoms with Crippen LogP contribution >= 0.6 is 31.9 Å². The van der Waals surface area contributed by atoms with Crippen LogP contribution < -0.4 is 0 Å². The molecule has 94 valence electrons. The number of alkyl halides is 2. The van der Waals surface area contributed by atoms with Crippen molar-refractivity contribution in [3.8, 4) is 0 Å². The minimum Gasteiger partial charge on any atom is -0.456 e. The van der Waals surface area contributed by atoms with E-state index in [9.17, 15) is 4.79 Å². The van der Waals surface area contributed by atoms with Gasteiger partial charge in [-0.05, 0) is 38.0 Å². The topological polar surface area (TPSA) is 26.3 Å². The van der Waals surface area contributed by atoms with E-state index < -0.39 is 5.60 Å². The van der Waals surface area contributed by atoms with Crippen LogP contribution in [-0.2, 0) is 15.4 Å². The molecule has 0 aliphatic heterocycles. The Kier molecular flexibility index (Phi) is 5.20. The van der Waals surface area contributed by atoms with E-state index in [-0.39, 0.29) is 5.97 Å². The van der Waals surface area contributed by atoms with Crippen molar-refractivity contribution in [1.82, 2.24) is 0 Å². The van der Waals surface area contributed by atoms with Crippen LogP contribution in [0, 0.1) is 0 Å². The molecule has 0 aliphatic rings. The van der Waals surface area contributed by atoms with E-state index in [1.165, 1.54) is 0 Å². The van der Waals surface area contributed by atoms with Crippen molar-refractivity contribution in [2.24, 2.45) is 0 Å². The molecule has 0 spiro atoms. The Bertz CT molecular complexity index is 408. The minimum atomic E-state index is -0.464. The number of benzene rings is 1. The Morgan fingerprint density at radius 1 is 1.24 bits per heavy atom. The summed E-state index contributed by atoms with van der Waals surface area (Å²) in [5.74, 6) is -0.270. The van der Waals surface area contributed by atoms with Crippen molar-refractivity contribution < 1.29 is 9.53 Å². The van der Waals surface area contributed by atoms with Crippen LogP contribution in [0.15, 0.2) is 18.2 Å². The lowest BCUT2D eigenvalue weighted by Gasteiger charge is -2.20. The van der Waals surface area contributed by atoms with Crippen molar-refractivity contribution in [3.05, 3.63) is 34.9 Å². The molecule has 0 bridgehead atoms. The first-order chi connectivity index (χ1) is 7.87. The number of carbonyl (C=O) groups is 1. The van der Waals surface area contributed by atoms with Gasteiger partial charge in [0.2, 0.25) is 0 Å². The lowest BCUT2D eigenvalue weighted by atomic mass is 10.1. The SMILES string of the molecule is CC(C)(C)OC(=O)c1ccc(CBr)cc1CBr. The highest BCUT2D eigenvalue weighted by molar-refractivity contribution is 9.08. The van der Waals surface area contributed by atoms with E-state index in [4.69, 9.17) is 4.74 Å². The van der Waals surface area contributed by atoms with Gasteiger partial charge in [0.1, 0.15) is 5.60 Å². The van der Waals surface area contributed by atoms with Gasteiger partial charge in [-0.25, -0.2) is 4.79 Å². The molecule has 0 unspecified atom stereocenters. The largest absolute Gasteiger partial charge is 0.456 e. The fourth-order valence-electron chi connectivity index (χ4n) is 1.37. The third kappa shape index (κ3) is 4.43. The summed E-state index contributed by atoms with van der Waals surface area (Å²) < 4.78 is 5.37. The van der Waals surface area contributed by atoms with Gasteiger partial charge in [0.05, 0.1) is 5.56 Å². The van der Waals surface area contributed by atoms with Crippen LogP contribution in [0.5, 0.6) is 0 Å². The zero-order valence-electron chi connectivity index (χ0n) is 10.2. The molecule has 1 rings (SSSR count). The zero-order chi connectivity index (χ0) is 13.1. The molecule has 1 aromatic carbocycles. The Morgan fingerprint density at radius 2 is 1.88 bits per heavy atom. The number of ether oxygens (including phenoxy) is 1. The van der Waals surface area contributed by atoms with Crippen LogP contribution in [0.25, 0.3) is 0 Å². The third-order valence-electron chi connectivity index (χ3n) is 2.09. The first kappa shape index (κ1) is 14.7. The van der Waals surface area contributed by atoms with Gasteiger partial charge in [-0.15, -0.1) is 0 Å². The average molecular weight is 364 g/mol. The molecule has 0 heterocycles. The predicted octanol–water partition coefficient (Wildman–Crippen LogP) is 4.43. The van der Waals surface area contributed by atoms with Gasteiger partial charge in [-0.3, -0.25) is 0 Å². The van der Waals surface area contributed by atoms with Crippen molar-refractivity contribution >= 4 is 37.8 Å². The molecule has 4 heteroatoms. The van der Waals surface area contributed by atoms with Crippen LogP contribution in [0.2, 0.25) is 0 Å². The highest BCUT2D eigenvalue weighted by Crippen LogP contribution is 2.20. The molecule has 0 radical (unpaired) electrons. The second kappa shape index (κ2) is 6.01. The van der Waals surface area contributed by atoms with Crippen molar-refractivity contribution in [1.29, 1.82) is 0 Å². The summed E-state index contributed by atoms with van der Waals surface area (Å²) in [6, 6.07) is 5.75. The van der Waals surface area contributed by atoms with E-state index in [1.54, 1.807) is 0 Å². The quantitative estimate of drug-likeness (QED) is 0.586. The summed E-state index contributed by atoms with van der Waals surface area (Å²) in [6.45, 7) is 5.60. The minimum absolute atomic E-state index is 0.270. The van der Waals surface area contributed by atoms with Crippen LogP contribution in [-0.4, -0.2) is 11.6 Å². The van der Waals surface area contributed by atoms with E-state index in [0.717, 1.165) is 16.5 Å². The Morgan fingerprint density at radius 3 is 2.35 bits per heavy atom.